The summed E-state index contributed by atoms with van der Waals surface area (Å²) in [5.41, 5.74) is 3.87. The molecule has 1 aromatic heterocycles. The normalized spacial score (nSPS) is 10.1. The molecule has 0 atom stereocenters. The van der Waals surface area contributed by atoms with Crippen molar-refractivity contribution in [3.63, 3.8) is 0 Å². The number of anilines is 3. The third-order valence-electron chi connectivity index (χ3n) is 3.82. The van der Waals surface area contributed by atoms with Crippen molar-refractivity contribution in [3.05, 3.63) is 76.2 Å². The fourth-order valence-electron chi connectivity index (χ4n) is 2.58. The molecular formula is C20H16ClN5O. The van der Waals surface area contributed by atoms with Crippen molar-refractivity contribution < 1.29 is 4.79 Å². The van der Waals surface area contributed by atoms with Crippen LogP contribution in [0.15, 0.2) is 48.8 Å². The van der Waals surface area contributed by atoms with Gasteiger partial charge in [-0.05, 0) is 49.2 Å². The molecule has 0 aliphatic carbocycles. The Hall–Kier alpha value is -3.43. The number of hydrogen-bond donors (Lipinski definition) is 2. The largest absolute Gasteiger partial charge is 0.339 e. The Kier molecular flexibility index (Phi) is 5.34. The Morgan fingerprint density at radius 3 is 2.63 bits per heavy atom. The van der Waals surface area contributed by atoms with Crippen molar-refractivity contribution in [1.29, 1.82) is 5.26 Å². The topological polar surface area (TPSA) is 90.7 Å². The number of aryl methyl sites for hydroxylation is 2. The summed E-state index contributed by atoms with van der Waals surface area (Å²) in [6, 6.07) is 12.8. The standard InChI is InChI=1S/C20H16ClN5O/c1-12-6-13(2)19(16(21)7-12)26-20(27)17-10-24-18(11-23-17)25-15-5-3-4-14(8-15)9-22/h3-8,10-11H,1-2H3,(H,24,25)(H,26,27). The number of carbonyl (C=O) groups excluding carboxylic acids is 1. The van der Waals surface area contributed by atoms with Gasteiger partial charge in [0.15, 0.2) is 0 Å². The molecule has 3 rings (SSSR count). The van der Waals surface area contributed by atoms with Crippen LogP contribution >= 0.6 is 11.6 Å². The quantitative estimate of drug-likeness (QED) is 0.692. The van der Waals surface area contributed by atoms with Crippen molar-refractivity contribution in [2.24, 2.45) is 0 Å². The van der Waals surface area contributed by atoms with Gasteiger partial charge in [-0.25, -0.2) is 9.97 Å². The summed E-state index contributed by atoms with van der Waals surface area (Å²) in [4.78, 5) is 20.8. The maximum atomic E-state index is 12.4. The van der Waals surface area contributed by atoms with Gasteiger partial charge in [-0.3, -0.25) is 4.79 Å². The molecule has 0 unspecified atom stereocenters. The monoisotopic (exact) mass is 377 g/mol. The number of hydrogen-bond acceptors (Lipinski definition) is 5. The highest BCUT2D eigenvalue weighted by Crippen LogP contribution is 2.27. The van der Waals surface area contributed by atoms with Crippen LogP contribution in [0.1, 0.15) is 27.2 Å². The molecule has 6 nitrogen and oxygen atoms in total. The summed E-state index contributed by atoms with van der Waals surface area (Å²) in [7, 11) is 0. The number of nitrogens with one attached hydrogen (secondary N) is 2. The van der Waals surface area contributed by atoms with Crippen molar-refractivity contribution >= 4 is 34.7 Å². The first-order valence-electron chi connectivity index (χ1n) is 8.13. The predicted molar refractivity (Wildman–Crippen MR) is 105 cm³/mol. The minimum atomic E-state index is -0.394. The molecular weight excluding hydrogens is 362 g/mol. The summed E-state index contributed by atoms with van der Waals surface area (Å²) >= 11 is 6.22. The highest BCUT2D eigenvalue weighted by molar-refractivity contribution is 6.34. The second-order valence-electron chi connectivity index (χ2n) is 6.00. The molecule has 0 fully saturated rings. The molecule has 1 heterocycles. The zero-order valence-electron chi connectivity index (χ0n) is 14.7. The molecule has 3 aromatic rings. The third-order valence-corrected chi connectivity index (χ3v) is 4.12. The number of rotatable bonds is 4. The lowest BCUT2D eigenvalue weighted by molar-refractivity contribution is 0.102. The maximum absolute atomic E-state index is 12.4. The maximum Gasteiger partial charge on any atom is 0.275 e. The molecule has 134 valence electrons. The molecule has 2 aromatic carbocycles. The van der Waals surface area contributed by atoms with Gasteiger partial charge in [-0.2, -0.15) is 5.26 Å². The average Bonchev–Trinajstić information content (AvgIpc) is 2.65. The first-order chi connectivity index (χ1) is 13.0. The van der Waals surface area contributed by atoms with E-state index in [1.165, 1.54) is 12.4 Å². The van der Waals surface area contributed by atoms with Gasteiger partial charge in [0.25, 0.3) is 5.91 Å². The minimum Gasteiger partial charge on any atom is -0.339 e. The first kappa shape index (κ1) is 18.4. The Balaban J connectivity index is 1.73. The number of nitrogens with zero attached hydrogens (tertiary/aromatic N) is 3. The van der Waals surface area contributed by atoms with E-state index in [4.69, 9.17) is 16.9 Å². The highest BCUT2D eigenvalue weighted by atomic mass is 35.5. The molecule has 7 heteroatoms. The van der Waals surface area contributed by atoms with E-state index in [2.05, 4.69) is 26.7 Å². The zero-order valence-corrected chi connectivity index (χ0v) is 15.5. The van der Waals surface area contributed by atoms with Crippen LogP contribution in [-0.4, -0.2) is 15.9 Å². The van der Waals surface area contributed by atoms with Crippen LogP contribution < -0.4 is 10.6 Å². The molecule has 1 amide bonds. The molecule has 0 radical (unpaired) electrons. The number of carbonyl (C=O) groups is 1. The van der Waals surface area contributed by atoms with Crippen LogP contribution in [0.2, 0.25) is 5.02 Å². The van der Waals surface area contributed by atoms with Crippen LogP contribution in [0.5, 0.6) is 0 Å². The van der Waals surface area contributed by atoms with Gasteiger partial charge >= 0.3 is 0 Å². The van der Waals surface area contributed by atoms with Crippen molar-refractivity contribution in [2.75, 3.05) is 10.6 Å². The van der Waals surface area contributed by atoms with Gasteiger partial charge in [0.05, 0.1) is 34.7 Å². The fourth-order valence-corrected chi connectivity index (χ4v) is 2.94. The molecule has 0 aliphatic rings. The molecule has 0 spiro atoms. The molecule has 27 heavy (non-hydrogen) atoms. The lowest BCUT2D eigenvalue weighted by Gasteiger charge is -2.11. The van der Waals surface area contributed by atoms with Gasteiger partial charge in [0.1, 0.15) is 11.5 Å². The first-order valence-corrected chi connectivity index (χ1v) is 8.51. The predicted octanol–water partition coefficient (Wildman–Crippen LogP) is 4.61. The van der Waals surface area contributed by atoms with Crippen LogP contribution in [0.3, 0.4) is 0 Å². The Labute approximate surface area is 161 Å². The highest BCUT2D eigenvalue weighted by Gasteiger charge is 2.13. The molecule has 0 aliphatic heterocycles. The van der Waals surface area contributed by atoms with Crippen molar-refractivity contribution in [1.82, 2.24) is 9.97 Å². The van der Waals surface area contributed by atoms with Crippen LogP contribution in [0, 0.1) is 25.2 Å². The second kappa shape index (κ2) is 7.85. The zero-order chi connectivity index (χ0) is 19.4. The average molecular weight is 378 g/mol. The smallest absolute Gasteiger partial charge is 0.275 e. The third kappa shape index (κ3) is 4.40. The summed E-state index contributed by atoms with van der Waals surface area (Å²) in [6.07, 6.45) is 2.83. The summed E-state index contributed by atoms with van der Waals surface area (Å²) in [6.45, 7) is 3.82. The summed E-state index contributed by atoms with van der Waals surface area (Å²) < 4.78 is 0. The van der Waals surface area contributed by atoms with E-state index in [0.29, 0.717) is 27.8 Å². The Morgan fingerprint density at radius 1 is 1.15 bits per heavy atom. The van der Waals surface area contributed by atoms with Crippen LogP contribution in [-0.2, 0) is 0 Å². The van der Waals surface area contributed by atoms with Crippen molar-refractivity contribution in [3.8, 4) is 6.07 Å². The van der Waals surface area contributed by atoms with Gasteiger partial charge in [-0.15, -0.1) is 0 Å². The van der Waals surface area contributed by atoms with E-state index in [1.54, 1.807) is 24.3 Å². The van der Waals surface area contributed by atoms with E-state index in [-0.39, 0.29) is 5.69 Å². The van der Waals surface area contributed by atoms with Gasteiger partial charge in [-0.1, -0.05) is 23.7 Å². The van der Waals surface area contributed by atoms with Crippen LogP contribution in [0.4, 0.5) is 17.2 Å². The van der Waals surface area contributed by atoms with E-state index in [0.717, 1.165) is 11.1 Å². The lowest BCUT2D eigenvalue weighted by Crippen LogP contribution is -2.15. The van der Waals surface area contributed by atoms with E-state index in [9.17, 15) is 4.79 Å². The molecule has 0 saturated carbocycles. The van der Waals surface area contributed by atoms with Crippen molar-refractivity contribution in [2.45, 2.75) is 13.8 Å². The number of benzene rings is 2. The minimum absolute atomic E-state index is 0.169. The fraction of sp³-hybridized carbons (Fsp3) is 0.100. The van der Waals surface area contributed by atoms with Gasteiger partial charge < -0.3 is 10.6 Å². The summed E-state index contributed by atoms with van der Waals surface area (Å²) in [5, 5.41) is 15.2. The van der Waals surface area contributed by atoms with Gasteiger partial charge in [0, 0.05) is 5.69 Å². The summed E-state index contributed by atoms with van der Waals surface area (Å²) in [5.74, 6) is 0.0700. The SMILES string of the molecule is Cc1cc(C)c(NC(=O)c2cnc(Nc3cccc(C#N)c3)cn2)c(Cl)c1. The van der Waals surface area contributed by atoms with Gasteiger partial charge in [0.2, 0.25) is 0 Å². The number of halogens is 1. The number of amides is 1. The van der Waals surface area contributed by atoms with E-state index < -0.39 is 5.91 Å². The second-order valence-corrected chi connectivity index (χ2v) is 6.40. The number of aromatic nitrogens is 2. The molecule has 0 saturated heterocycles. The number of nitriles is 1. The Morgan fingerprint density at radius 2 is 1.96 bits per heavy atom. The lowest BCUT2D eigenvalue weighted by atomic mass is 10.1. The van der Waals surface area contributed by atoms with Crippen LogP contribution in [0.25, 0.3) is 0 Å². The molecule has 0 bridgehead atoms. The van der Waals surface area contributed by atoms with E-state index >= 15 is 0 Å². The molecule has 2 N–H and O–H groups in total. The van der Waals surface area contributed by atoms with E-state index in [1.807, 2.05) is 26.0 Å². The Bertz CT molecular complexity index is 1020.